The van der Waals surface area contributed by atoms with Crippen molar-refractivity contribution in [3.05, 3.63) is 58.1 Å². The predicted octanol–water partition coefficient (Wildman–Crippen LogP) is 4.82. The number of anilines is 1. The number of benzene rings is 2. The standard InChI is InChI=1S/C15H11Cl2NOS/c16-9-5-6-12(17)10(7-9)11-8-20-14-4-2-1-3-13(14)18-15(11)19/h1-7,11H,8H2,(H,18,19). The lowest BCUT2D eigenvalue weighted by atomic mass is 10.00. The Bertz CT molecular complexity index is 675. The first kappa shape index (κ1) is 13.8. The van der Waals surface area contributed by atoms with Crippen molar-refractivity contribution in [1.82, 2.24) is 0 Å². The fourth-order valence-electron chi connectivity index (χ4n) is 2.18. The van der Waals surface area contributed by atoms with Gasteiger partial charge in [-0.1, -0.05) is 35.3 Å². The number of para-hydroxylation sites is 1. The van der Waals surface area contributed by atoms with E-state index >= 15 is 0 Å². The minimum Gasteiger partial charge on any atom is -0.325 e. The number of carbonyl (C=O) groups excluding carboxylic acids is 1. The fourth-order valence-corrected chi connectivity index (χ4v) is 3.73. The van der Waals surface area contributed by atoms with Crippen LogP contribution in [0, 0.1) is 0 Å². The van der Waals surface area contributed by atoms with Crippen LogP contribution in [-0.4, -0.2) is 11.7 Å². The SMILES string of the molecule is O=C1Nc2ccccc2SCC1c1cc(Cl)ccc1Cl. The minimum atomic E-state index is -0.307. The van der Waals surface area contributed by atoms with E-state index in [0.29, 0.717) is 15.8 Å². The van der Waals surface area contributed by atoms with Gasteiger partial charge >= 0.3 is 0 Å². The summed E-state index contributed by atoms with van der Waals surface area (Å²) in [6, 6.07) is 13.0. The number of amides is 1. The zero-order chi connectivity index (χ0) is 14.1. The third kappa shape index (κ3) is 2.66. The molecule has 2 nitrogen and oxygen atoms in total. The van der Waals surface area contributed by atoms with Crippen LogP contribution in [0.2, 0.25) is 10.0 Å². The van der Waals surface area contributed by atoms with E-state index in [-0.39, 0.29) is 11.8 Å². The van der Waals surface area contributed by atoms with Gasteiger partial charge in [0.25, 0.3) is 0 Å². The summed E-state index contributed by atoms with van der Waals surface area (Å²) in [7, 11) is 0. The van der Waals surface area contributed by atoms with Gasteiger partial charge in [-0.25, -0.2) is 0 Å². The van der Waals surface area contributed by atoms with Crippen molar-refractivity contribution in [3.8, 4) is 0 Å². The van der Waals surface area contributed by atoms with Gasteiger partial charge < -0.3 is 5.32 Å². The van der Waals surface area contributed by atoms with Crippen LogP contribution in [0.25, 0.3) is 0 Å². The molecule has 1 aliphatic heterocycles. The Kier molecular flexibility index (Phi) is 3.92. The van der Waals surface area contributed by atoms with E-state index in [1.54, 1.807) is 30.0 Å². The number of hydrogen-bond acceptors (Lipinski definition) is 2. The molecule has 0 aromatic heterocycles. The summed E-state index contributed by atoms with van der Waals surface area (Å²) in [5.74, 6) is 0.285. The molecule has 2 aromatic rings. The van der Waals surface area contributed by atoms with Crippen molar-refractivity contribution in [2.45, 2.75) is 10.8 Å². The minimum absolute atomic E-state index is 0.0494. The smallest absolute Gasteiger partial charge is 0.232 e. The second kappa shape index (κ2) is 5.68. The number of thioether (sulfide) groups is 1. The Morgan fingerprint density at radius 1 is 1.15 bits per heavy atom. The lowest BCUT2D eigenvalue weighted by Gasteiger charge is -2.15. The van der Waals surface area contributed by atoms with E-state index in [9.17, 15) is 4.79 Å². The van der Waals surface area contributed by atoms with Gasteiger partial charge in [0.1, 0.15) is 0 Å². The van der Waals surface area contributed by atoms with E-state index in [4.69, 9.17) is 23.2 Å². The first-order valence-corrected chi connectivity index (χ1v) is 7.87. The fraction of sp³-hybridized carbons (Fsp3) is 0.133. The summed E-state index contributed by atoms with van der Waals surface area (Å²) in [6.07, 6.45) is 0. The van der Waals surface area contributed by atoms with E-state index < -0.39 is 0 Å². The molecule has 1 amide bonds. The molecule has 1 atom stereocenters. The maximum atomic E-state index is 12.4. The summed E-state index contributed by atoms with van der Waals surface area (Å²) >= 11 is 13.9. The maximum absolute atomic E-state index is 12.4. The first-order valence-electron chi connectivity index (χ1n) is 6.13. The number of carbonyl (C=O) groups is 1. The molecular formula is C15H11Cl2NOS. The molecule has 0 saturated carbocycles. The van der Waals surface area contributed by atoms with Crippen molar-refractivity contribution >= 4 is 46.6 Å². The van der Waals surface area contributed by atoms with Crippen LogP contribution in [-0.2, 0) is 4.79 Å². The molecule has 0 spiro atoms. The summed E-state index contributed by atoms with van der Waals surface area (Å²) < 4.78 is 0. The molecular weight excluding hydrogens is 313 g/mol. The van der Waals surface area contributed by atoms with Crippen LogP contribution in [0.3, 0.4) is 0 Å². The number of halogens is 2. The highest BCUT2D eigenvalue weighted by Gasteiger charge is 2.27. The van der Waals surface area contributed by atoms with Crippen LogP contribution in [0.5, 0.6) is 0 Å². The number of hydrogen-bond donors (Lipinski definition) is 1. The van der Waals surface area contributed by atoms with Crippen LogP contribution in [0.15, 0.2) is 47.4 Å². The van der Waals surface area contributed by atoms with Gasteiger partial charge in [-0.3, -0.25) is 4.79 Å². The molecule has 0 saturated heterocycles. The monoisotopic (exact) mass is 323 g/mol. The van der Waals surface area contributed by atoms with Crippen LogP contribution >= 0.6 is 35.0 Å². The van der Waals surface area contributed by atoms with E-state index in [1.807, 2.05) is 24.3 Å². The van der Waals surface area contributed by atoms with Gasteiger partial charge in [-0.05, 0) is 35.9 Å². The van der Waals surface area contributed by atoms with Crippen molar-refractivity contribution in [3.63, 3.8) is 0 Å². The summed E-state index contributed by atoms with van der Waals surface area (Å²) in [6.45, 7) is 0. The summed E-state index contributed by atoms with van der Waals surface area (Å²) in [4.78, 5) is 13.5. The molecule has 2 aromatic carbocycles. The molecule has 5 heteroatoms. The lowest BCUT2D eigenvalue weighted by Crippen LogP contribution is -2.21. The summed E-state index contributed by atoms with van der Waals surface area (Å²) in [5, 5.41) is 4.11. The average molecular weight is 324 g/mol. The van der Waals surface area contributed by atoms with Crippen LogP contribution < -0.4 is 5.32 Å². The molecule has 0 aliphatic carbocycles. The van der Waals surface area contributed by atoms with Crippen LogP contribution in [0.4, 0.5) is 5.69 Å². The maximum Gasteiger partial charge on any atom is 0.232 e. The van der Waals surface area contributed by atoms with Gasteiger partial charge in [0.05, 0.1) is 11.6 Å². The third-order valence-electron chi connectivity index (χ3n) is 3.20. The van der Waals surface area contributed by atoms with E-state index in [0.717, 1.165) is 16.1 Å². The van der Waals surface area contributed by atoms with Crippen LogP contribution in [0.1, 0.15) is 11.5 Å². The van der Waals surface area contributed by atoms with Crippen molar-refractivity contribution in [2.24, 2.45) is 0 Å². The normalized spacial score (nSPS) is 18.1. The highest BCUT2D eigenvalue weighted by atomic mass is 35.5. The Morgan fingerprint density at radius 2 is 1.95 bits per heavy atom. The molecule has 0 fully saturated rings. The molecule has 1 unspecified atom stereocenters. The number of rotatable bonds is 1. The van der Waals surface area contributed by atoms with E-state index in [1.165, 1.54) is 0 Å². The first-order chi connectivity index (χ1) is 9.65. The topological polar surface area (TPSA) is 29.1 Å². The zero-order valence-electron chi connectivity index (χ0n) is 10.4. The molecule has 102 valence electrons. The van der Waals surface area contributed by atoms with Gasteiger partial charge in [0, 0.05) is 20.7 Å². The number of nitrogens with one attached hydrogen (secondary N) is 1. The molecule has 0 radical (unpaired) electrons. The molecule has 1 N–H and O–H groups in total. The van der Waals surface area contributed by atoms with Crippen molar-refractivity contribution in [2.75, 3.05) is 11.1 Å². The predicted molar refractivity (Wildman–Crippen MR) is 85.0 cm³/mol. The molecule has 20 heavy (non-hydrogen) atoms. The third-order valence-corrected chi connectivity index (χ3v) is 4.95. The Hall–Kier alpha value is -1.16. The van der Waals surface area contributed by atoms with E-state index in [2.05, 4.69) is 5.32 Å². The summed E-state index contributed by atoms with van der Waals surface area (Å²) in [5.41, 5.74) is 1.63. The molecule has 3 rings (SSSR count). The Balaban J connectivity index is 1.97. The quantitative estimate of drug-likeness (QED) is 0.815. The second-order valence-electron chi connectivity index (χ2n) is 4.51. The molecule has 1 aliphatic rings. The van der Waals surface area contributed by atoms with Gasteiger partial charge in [0.15, 0.2) is 0 Å². The largest absolute Gasteiger partial charge is 0.325 e. The van der Waals surface area contributed by atoms with Crippen molar-refractivity contribution in [1.29, 1.82) is 0 Å². The number of fused-ring (bicyclic) bond motifs is 1. The highest BCUT2D eigenvalue weighted by Crippen LogP contribution is 2.38. The second-order valence-corrected chi connectivity index (χ2v) is 6.42. The highest BCUT2D eigenvalue weighted by molar-refractivity contribution is 7.99. The van der Waals surface area contributed by atoms with Crippen molar-refractivity contribution < 1.29 is 4.79 Å². The average Bonchev–Trinajstić information content (AvgIpc) is 2.60. The van der Waals surface area contributed by atoms with Gasteiger partial charge in [-0.2, -0.15) is 0 Å². The van der Waals surface area contributed by atoms with Gasteiger partial charge in [-0.15, -0.1) is 11.8 Å². The Labute approximate surface area is 131 Å². The molecule has 1 heterocycles. The lowest BCUT2D eigenvalue weighted by molar-refractivity contribution is -0.117. The molecule has 0 bridgehead atoms. The Morgan fingerprint density at radius 3 is 2.80 bits per heavy atom. The zero-order valence-corrected chi connectivity index (χ0v) is 12.7. The van der Waals surface area contributed by atoms with Gasteiger partial charge in [0.2, 0.25) is 5.91 Å².